The molecule has 5 heterocycles. The van der Waals surface area contributed by atoms with E-state index < -0.39 is 0 Å². The van der Waals surface area contributed by atoms with Crippen LogP contribution in [0.4, 0.5) is 0 Å². The van der Waals surface area contributed by atoms with Crippen molar-refractivity contribution >= 4 is 44.7 Å². The predicted molar refractivity (Wildman–Crippen MR) is 108 cm³/mol. The summed E-state index contributed by atoms with van der Waals surface area (Å²) < 4.78 is 7.37. The molecule has 0 saturated heterocycles. The minimum atomic E-state index is 0.688. The number of hydrogen-bond acceptors (Lipinski definition) is 8. The normalized spacial score (nSPS) is 11.5. The van der Waals surface area contributed by atoms with Crippen LogP contribution in [0, 0.1) is 6.92 Å². The molecular weight excluding hydrogens is 398 g/mol. The van der Waals surface area contributed by atoms with Gasteiger partial charge in [-0.05, 0) is 42.3 Å². The Labute approximate surface area is 166 Å². The summed E-state index contributed by atoms with van der Waals surface area (Å²) in [6.07, 6.45) is 1.63. The lowest BCUT2D eigenvalue weighted by molar-refractivity contribution is 0.572. The first-order chi connectivity index (χ1) is 13.2. The summed E-state index contributed by atoms with van der Waals surface area (Å²) in [6.45, 7) is 1.92. The van der Waals surface area contributed by atoms with E-state index in [0.717, 1.165) is 26.2 Å². The smallest absolute Gasteiger partial charge is 0.200 e. The van der Waals surface area contributed by atoms with Gasteiger partial charge in [0.1, 0.15) is 15.7 Å². The van der Waals surface area contributed by atoms with Crippen LogP contribution < -0.4 is 0 Å². The SMILES string of the molecule is Cc1nc(Sc2nnc(-c3ccco3)n2C)c2c(-c3cccs3)csc2n1. The first kappa shape index (κ1) is 16.7. The monoisotopic (exact) mass is 411 g/mol. The Bertz CT molecular complexity index is 1220. The van der Waals surface area contributed by atoms with Crippen molar-refractivity contribution in [2.75, 3.05) is 0 Å². The molecule has 5 rings (SSSR count). The standard InChI is InChI=1S/C18H13N5OS3/c1-10-19-16-14(11(9-26-16)13-6-4-8-25-13)17(20-10)27-18-22-21-15(23(18)2)12-5-3-7-24-12/h3-9H,1-2H3. The number of aryl methyl sites for hydroxylation is 1. The lowest BCUT2D eigenvalue weighted by Gasteiger charge is -2.06. The zero-order chi connectivity index (χ0) is 18.4. The third kappa shape index (κ3) is 2.88. The first-order valence-electron chi connectivity index (χ1n) is 8.11. The van der Waals surface area contributed by atoms with Crippen molar-refractivity contribution in [1.29, 1.82) is 0 Å². The molecular formula is C18H13N5OS3. The Balaban J connectivity index is 1.63. The van der Waals surface area contributed by atoms with Crippen molar-refractivity contribution in [2.45, 2.75) is 17.1 Å². The molecule has 5 aromatic rings. The van der Waals surface area contributed by atoms with Crippen LogP contribution in [-0.4, -0.2) is 24.7 Å². The number of furan rings is 1. The van der Waals surface area contributed by atoms with E-state index in [-0.39, 0.29) is 0 Å². The van der Waals surface area contributed by atoms with Gasteiger partial charge in [-0.3, -0.25) is 0 Å². The first-order valence-corrected chi connectivity index (χ1v) is 10.7. The van der Waals surface area contributed by atoms with Gasteiger partial charge in [-0.1, -0.05) is 6.07 Å². The maximum absolute atomic E-state index is 5.45. The van der Waals surface area contributed by atoms with Crippen LogP contribution in [0.1, 0.15) is 5.82 Å². The molecule has 27 heavy (non-hydrogen) atoms. The van der Waals surface area contributed by atoms with Crippen molar-refractivity contribution in [3.63, 3.8) is 0 Å². The maximum atomic E-state index is 5.45. The molecule has 0 aromatic carbocycles. The lowest BCUT2D eigenvalue weighted by Crippen LogP contribution is -1.96. The molecule has 5 aromatic heterocycles. The molecule has 134 valence electrons. The molecule has 9 heteroatoms. The zero-order valence-electron chi connectivity index (χ0n) is 14.4. The van der Waals surface area contributed by atoms with E-state index in [9.17, 15) is 0 Å². The van der Waals surface area contributed by atoms with E-state index in [4.69, 9.17) is 9.40 Å². The van der Waals surface area contributed by atoms with Gasteiger partial charge >= 0.3 is 0 Å². The van der Waals surface area contributed by atoms with Gasteiger partial charge < -0.3 is 8.98 Å². The number of thiophene rings is 2. The average Bonchev–Trinajstić information content (AvgIpc) is 3.42. The van der Waals surface area contributed by atoms with Crippen LogP contribution in [0.25, 0.3) is 32.2 Å². The number of hydrogen-bond donors (Lipinski definition) is 0. The lowest BCUT2D eigenvalue weighted by atomic mass is 10.2. The molecule has 0 atom stereocenters. The summed E-state index contributed by atoms with van der Waals surface area (Å²) in [4.78, 5) is 11.5. The van der Waals surface area contributed by atoms with Crippen molar-refractivity contribution in [1.82, 2.24) is 24.7 Å². The second-order valence-electron chi connectivity index (χ2n) is 5.83. The quantitative estimate of drug-likeness (QED) is 0.375. The van der Waals surface area contributed by atoms with Crippen LogP contribution >= 0.6 is 34.4 Å². The van der Waals surface area contributed by atoms with Gasteiger partial charge in [-0.2, -0.15) is 0 Å². The van der Waals surface area contributed by atoms with Gasteiger partial charge in [0.25, 0.3) is 0 Å². The highest BCUT2D eigenvalue weighted by Crippen LogP contribution is 2.41. The van der Waals surface area contributed by atoms with Crippen LogP contribution in [0.2, 0.25) is 0 Å². The molecule has 0 radical (unpaired) electrons. The van der Waals surface area contributed by atoms with Gasteiger partial charge in [-0.25, -0.2) is 9.97 Å². The molecule has 0 unspecified atom stereocenters. The van der Waals surface area contributed by atoms with Crippen LogP contribution in [0.15, 0.2) is 55.9 Å². The van der Waals surface area contributed by atoms with Gasteiger partial charge in [-0.15, -0.1) is 32.9 Å². The summed E-state index contributed by atoms with van der Waals surface area (Å²) in [5.74, 6) is 2.13. The molecule has 6 nitrogen and oxygen atoms in total. The van der Waals surface area contributed by atoms with E-state index in [1.807, 2.05) is 30.7 Å². The highest BCUT2D eigenvalue weighted by atomic mass is 32.2. The van der Waals surface area contributed by atoms with Crippen LogP contribution in [-0.2, 0) is 7.05 Å². The summed E-state index contributed by atoms with van der Waals surface area (Å²) >= 11 is 4.86. The molecule has 0 aliphatic heterocycles. The third-order valence-corrected chi connectivity index (χ3v) is 6.87. The molecule has 0 amide bonds. The largest absolute Gasteiger partial charge is 0.461 e. The molecule has 0 bridgehead atoms. The Morgan fingerprint density at radius 1 is 1.11 bits per heavy atom. The maximum Gasteiger partial charge on any atom is 0.200 e. The van der Waals surface area contributed by atoms with Crippen molar-refractivity contribution in [3.05, 3.63) is 47.1 Å². The fourth-order valence-corrected chi connectivity index (χ4v) is 5.65. The number of aromatic nitrogens is 5. The molecule has 0 spiro atoms. The van der Waals surface area contributed by atoms with Gasteiger partial charge in [0.05, 0.1) is 11.6 Å². The van der Waals surface area contributed by atoms with E-state index in [0.29, 0.717) is 11.6 Å². The van der Waals surface area contributed by atoms with E-state index in [1.165, 1.54) is 22.2 Å². The van der Waals surface area contributed by atoms with Gasteiger partial charge in [0.2, 0.25) is 0 Å². The van der Waals surface area contributed by atoms with E-state index >= 15 is 0 Å². The van der Waals surface area contributed by atoms with Gasteiger partial charge in [0.15, 0.2) is 16.7 Å². The highest BCUT2D eigenvalue weighted by molar-refractivity contribution is 7.99. The highest BCUT2D eigenvalue weighted by Gasteiger charge is 2.19. The third-order valence-electron chi connectivity index (χ3n) is 4.06. The fourth-order valence-electron chi connectivity index (χ4n) is 2.81. The second-order valence-corrected chi connectivity index (χ2v) is 8.59. The van der Waals surface area contributed by atoms with E-state index in [2.05, 4.69) is 38.1 Å². The van der Waals surface area contributed by atoms with Crippen molar-refractivity contribution in [3.8, 4) is 22.0 Å². The van der Waals surface area contributed by atoms with Crippen LogP contribution in [0.3, 0.4) is 0 Å². The zero-order valence-corrected chi connectivity index (χ0v) is 16.9. The van der Waals surface area contributed by atoms with Crippen molar-refractivity contribution in [2.24, 2.45) is 7.05 Å². The predicted octanol–water partition coefficient (Wildman–Crippen LogP) is 5.27. The number of rotatable bonds is 4. The Morgan fingerprint density at radius 2 is 2.04 bits per heavy atom. The summed E-state index contributed by atoms with van der Waals surface area (Å²) in [7, 11) is 1.93. The Hall–Kier alpha value is -2.49. The average molecular weight is 412 g/mol. The Kier molecular flexibility index (Phi) is 4.07. The minimum Gasteiger partial charge on any atom is -0.461 e. The number of fused-ring (bicyclic) bond motifs is 1. The molecule has 0 N–H and O–H groups in total. The molecule has 0 fully saturated rings. The van der Waals surface area contributed by atoms with E-state index in [1.54, 1.807) is 28.9 Å². The van der Waals surface area contributed by atoms with Gasteiger partial charge in [0, 0.05) is 22.9 Å². The van der Waals surface area contributed by atoms with Crippen molar-refractivity contribution < 1.29 is 4.42 Å². The molecule has 0 saturated carbocycles. The minimum absolute atomic E-state index is 0.688. The topological polar surface area (TPSA) is 69.6 Å². The Morgan fingerprint density at radius 3 is 2.81 bits per heavy atom. The van der Waals surface area contributed by atoms with Crippen LogP contribution in [0.5, 0.6) is 0 Å². The second kappa shape index (κ2) is 6.59. The summed E-state index contributed by atoms with van der Waals surface area (Å²) in [5.41, 5.74) is 1.17. The summed E-state index contributed by atoms with van der Waals surface area (Å²) in [5, 5.41) is 15.6. The number of nitrogens with zero attached hydrogens (tertiary/aromatic N) is 5. The summed E-state index contributed by atoms with van der Waals surface area (Å²) in [6, 6.07) is 7.90. The molecule has 0 aliphatic carbocycles. The fraction of sp³-hybridized carbons (Fsp3) is 0.111. The molecule has 0 aliphatic rings.